The van der Waals surface area contributed by atoms with Crippen LogP contribution in [0.25, 0.3) is 0 Å². The van der Waals surface area contributed by atoms with Gasteiger partial charge in [0.25, 0.3) is 0 Å². The van der Waals surface area contributed by atoms with Gasteiger partial charge in [-0.2, -0.15) is 0 Å². The van der Waals surface area contributed by atoms with Crippen molar-refractivity contribution in [2.45, 2.75) is 59.4 Å². The maximum absolute atomic E-state index is 5.41. The van der Waals surface area contributed by atoms with E-state index in [0.717, 1.165) is 6.54 Å². The Bertz CT molecular complexity index is 189. The van der Waals surface area contributed by atoms with Gasteiger partial charge in [0.15, 0.2) is 0 Å². The monoisotopic (exact) mass is 228 g/mol. The normalized spacial score (nSPS) is 14.0. The van der Waals surface area contributed by atoms with Crippen molar-refractivity contribution in [3.05, 3.63) is 0 Å². The van der Waals surface area contributed by atoms with E-state index in [1.54, 1.807) is 0 Å². The number of hydrogen-bond donors (Lipinski definition) is 3. The van der Waals surface area contributed by atoms with Crippen LogP contribution < -0.4 is 16.6 Å². The fourth-order valence-corrected chi connectivity index (χ4v) is 1.54. The highest BCUT2D eigenvalue weighted by molar-refractivity contribution is 5.79. The van der Waals surface area contributed by atoms with Crippen LogP contribution >= 0.6 is 0 Å². The summed E-state index contributed by atoms with van der Waals surface area (Å²) in [6, 6.07) is 0.352. The lowest BCUT2D eigenvalue weighted by molar-refractivity contribution is 0.461. The predicted octanol–water partition coefficient (Wildman–Crippen LogP) is 2.02. The van der Waals surface area contributed by atoms with Gasteiger partial charge in [-0.15, -0.1) is 0 Å². The molecule has 0 saturated carbocycles. The van der Waals surface area contributed by atoms with Crippen LogP contribution in [0.15, 0.2) is 4.99 Å². The molecule has 4 N–H and O–H groups in total. The van der Waals surface area contributed by atoms with Gasteiger partial charge in [-0.25, -0.2) is 5.84 Å². The zero-order valence-corrected chi connectivity index (χ0v) is 11.2. The molecule has 0 aliphatic rings. The van der Waals surface area contributed by atoms with Crippen molar-refractivity contribution in [1.29, 1.82) is 0 Å². The van der Waals surface area contributed by atoms with Crippen molar-refractivity contribution < 1.29 is 0 Å². The van der Waals surface area contributed by atoms with Gasteiger partial charge in [-0.3, -0.25) is 10.4 Å². The van der Waals surface area contributed by atoms with E-state index in [1.165, 1.54) is 25.7 Å². The van der Waals surface area contributed by atoms with Gasteiger partial charge in [0.1, 0.15) is 0 Å². The Kier molecular flexibility index (Phi) is 9.00. The molecule has 0 aliphatic heterocycles. The minimum atomic E-state index is 0.352. The van der Waals surface area contributed by atoms with E-state index < -0.39 is 0 Å². The molecule has 0 fully saturated rings. The third kappa shape index (κ3) is 7.51. The van der Waals surface area contributed by atoms with Crippen molar-refractivity contribution in [1.82, 2.24) is 10.7 Å². The van der Waals surface area contributed by atoms with Gasteiger partial charge in [-0.1, -0.05) is 33.1 Å². The quantitative estimate of drug-likeness (QED) is 0.270. The van der Waals surface area contributed by atoms with Crippen LogP contribution in [0.3, 0.4) is 0 Å². The summed E-state index contributed by atoms with van der Waals surface area (Å²) in [4.78, 5) is 4.48. The van der Waals surface area contributed by atoms with E-state index in [0.29, 0.717) is 17.9 Å². The molecule has 0 saturated heterocycles. The maximum atomic E-state index is 5.41. The van der Waals surface area contributed by atoms with Gasteiger partial charge in [-0.05, 0) is 26.2 Å². The Morgan fingerprint density at radius 1 is 1.31 bits per heavy atom. The fraction of sp³-hybridized carbons (Fsp3) is 0.917. The highest BCUT2D eigenvalue weighted by Gasteiger charge is 2.06. The summed E-state index contributed by atoms with van der Waals surface area (Å²) in [5, 5.41) is 3.18. The lowest BCUT2D eigenvalue weighted by Crippen LogP contribution is -2.44. The van der Waals surface area contributed by atoms with Gasteiger partial charge in [0.05, 0.1) is 0 Å². The molecule has 0 aromatic rings. The zero-order valence-electron chi connectivity index (χ0n) is 11.2. The first-order chi connectivity index (χ1) is 7.63. The molecule has 0 aromatic carbocycles. The van der Waals surface area contributed by atoms with Crippen LogP contribution in [-0.4, -0.2) is 18.5 Å². The number of nitrogens with two attached hydrogens (primary N) is 1. The number of nitrogens with one attached hydrogen (secondary N) is 2. The summed E-state index contributed by atoms with van der Waals surface area (Å²) in [6.07, 6.45) is 4.99. The molecule has 0 rings (SSSR count). The maximum Gasteiger partial charge on any atom is 0.205 e. The summed E-state index contributed by atoms with van der Waals surface area (Å²) in [5.41, 5.74) is 2.61. The number of nitrogens with zero attached hydrogens (tertiary/aromatic N) is 1. The average Bonchev–Trinajstić information content (AvgIpc) is 2.27. The van der Waals surface area contributed by atoms with Gasteiger partial charge >= 0.3 is 0 Å². The van der Waals surface area contributed by atoms with E-state index in [9.17, 15) is 0 Å². The molecule has 0 heterocycles. The first-order valence-corrected chi connectivity index (χ1v) is 6.41. The van der Waals surface area contributed by atoms with E-state index in [1.807, 2.05) is 0 Å². The number of unbranched alkanes of at least 4 members (excludes halogenated alkanes) is 1. The Morgan fingerprint density at radius 3 is 2.44 bits per heavy atom. The number of hydrazine groups is 1. The molecule has 4 nitrogen and oxygen atoms in total. The van der Waals surface area contributed by atoms with Gasteiger partial charge < -0.3 is 5.32 Å². The molecule has 0 spiro atoms. The molecular formula is C12H28N4. The number of guanidine groups is 1. The van der Waals surface area contributed by atoms with Crippen LogP contribution in [-0.2, 0) is 0 Å². The van der Waals surface area contributed by atoms with Crippen LogP contribution in [0.1, 0.15) is 53.4 Å². The van der Waals surface area contributed by atoms with Crippen LogP contribution in [0.5, 0.6) is 0 Å². The second-order valence-corrected chi connectivity index (χ2v) is 4.55. The van der Waals surface area contributed by atoms with E-state index >= 15 is 0 Å². The summed E-state index contributed by atoms with van der Waals surface area (Å²) in [7, 11) is 0. The highest BCUT2D eigenvalue weighted by atomic mass is 15.3. The molecule has 0 amide bonds. The molecule has 0 bridgehead atoms. The molecule has 1 unspecified atom stereocenters. The minimum Gasteiger partial charge on any atom is -0.353 e. The van der Waals surface area contributed by atoms with E-state index in [-0.39, 0.29) is 0 Å². The van der Waals surface area contributed by atoms with Crippen LogP contribution in [0.4, 0.5) is 0 Å². The van der Waals surface area contributed by atoms with Gasteiger partial charge in [0.2, 0.25) is 5.96 Å². The SMILES string of the molecule is CCCCC(CC)CN=C(NN)NC(C)C. The highest BCUT2D eigenvalue weighted by Crippen LogP contribution is 2.12. The molecule has 0 aromatic heterocycles. The second kappa shape index (κ2) is 9.46. The minimum absolute atomic E-state index is 0.352. The summed E-state index contributed by atoms with van der Waals surface area (Å²) in [6.45, 7) is 9.45. The summed E-state index contributed by atoms with van der Waals surface area (Å²) in [5.74, 6) is 6.78. The Hall–Kier alpha value is -0.770. The Balaban J connectivity index is 4.05. The number of rotatable bonds is 7. The Morgan fingerprint density at radius 2 is 2.00 bits per heavy atom. The second-order valence-electron chi connectivity index (χ2n) is 4.55. The molecular weight excluding hydrogens is 200 g/mol. The van der Waals surface area contributed by atoms with E-state index in [4.69, 9.17) is 5.84 Å². The van der Waals surface area contributed by atoms with Crippen molar-refractivity contribution in [2.75, 3.05) is 6.54 Å². The number of hydrogen-bond acceptors (Lipinski definition) is 2. The van der Waals surface area contributed by atoms with Crippen molar-refractivity contribution in [2.24, 2.45) is 16.8 Å². The number of aliphatic imine (C=N–C) groups is 1. The third-order valence-electron chi connectivity index (χ3n) is 2.61. The largest absolute Gasteiger partial charge is 0.353 e. The summed E-state index contributed by atoms with van der Waals surface area (Å²) >= 11 is 0. The van der Waals surface area contributed by atoms with Crippen molar-refractivity contribution >= 4 is 5.96 Å². The smallest absolute Gasteiger partial charge is 0.205 e. The van der Waals surface area contributed by atoms with E-state index in [2.05, 4.69) is 43.4 Å². The molecule has 16 heavy (non-hydrogen) atoms. The topological polar surface area (TPSA) is 62.4 Å². The molecule has 0 aliphatic carbocycles. The van der Waals surface area contributed by atoms with Crippen molar-refractivity contribution in [3.63, 3.8) is 0 Å². The first kappa shape index (κ1) is 15.2. The lowest BCUT2D eigenvalue weighted by Gasteiger charge is -2.15. The molecule has 0 radical (unpaired) electrons. The zero-order chi connectivity index (χ0) is 12.4. The van der Waals surface area contributed by atoms with Crippen LogP contribution in [0, 0.1) is 5.92 Å². The molecule has 96 valence electrons. The van der Waals surface area contributed by atoms with Crippen molar-refractivity contribution in [3.8, 4) is 0 Å². The third-order valence-corrected chi connectivity index (χ3v) is 2.61. The fourth-order valence-electron chi connectivity index (χ4n) is 1.54. The Labute approximate surface area is 100 Å². The molecule has 1 atom stereocenters. The van der Waals surface area contributed by atoms with Crippen LogP contribution in [0.2, 0.25) is 0 Å². The first-order valence-electron chi connectivity index (χ1n) is 6.41. The standard InChI is InChI=1S/C12H28N4/c1-5-7-8-11(6-2)9-14-12(16-13)15-10(3)4/h10-11H,5-9,13H2,1-4H3,(H2,14,15,16). The average molecular weight is 228 g/mol. The lowest BCUT2D eigenvalue weighted by atomic mass is 10.00. The molecule has 4 heteroatoms. The summed E-state index contributed by atoms with van der Waals surface area (Å²) < 4.78 is 0. The predicted molar refractivity (Wildman–Crippen MR) is 71.2 cm³/mol. The van der Waals surface area contributed by atoms with Gasteiger partial charge in [0, 0.05) is 12.6 Å².